The third-order valence-electron chi connectivity index (χ3n) is 1.54. The molecule has 0 saturated carbocycles. The quantitative estimate of drug-likeness (QED) is 0.651. The van der Waals surface area contributed by atoms with Crippen molar-refractivity contribution < 1.29 is 17.9 Å². The molecule has 1 aromatic rings. The summed E-state index contributed by atoms with van der Waals surface area (Å²) in [6.07, 6.45) is -4.72. The van der Waals surface area contributed by atoms with E-state index in [0.717, 1.165) is 6.07 Å². The van der Waals surface area contributed by atoms with Crippen molar-refractivity contribution in [1.82, 2.24) is 0 Å². The highest BCUT2D eigenvalue weighted by molar-refractivity contribution is 9.10. The zero-order chi connectivity index (χ0) is 11.6. The number of nitrogen functional groups attached to an aromatic ring is 1. The molecule has 1 aromatic carbocycles. The van der Waals surface area contributed by atoms with Gasteiger partial charge < -0.3 is 10.5 Å². The van der Waals surface area contributed by atoms with Gasteiger partial charge in [0.05, 0.1) is 0 Å². The summed E-state index contributed by atoms with van der Waals surface area (Å²) in [5.41, 5.74) is 5.97. The molecule has 0 heterocycles. The number of benzene rings is 1. The topological polar surface area (TPSA) is 35.2 Å². The number of rotatable bonds is 2. The van der Waals surface area contributed by atoms with Gasteiger partial charge in [0, 0.05) is 27.1 Å². The molecular formula is C8H6Br2F3NO. The number of hydrogen-bond acceptors (Lipinski definition) is 2. The fraction of sp³-hybridized carbons (Fsp3) is 0.250. The summed E-state index contributed by atoms with van der Waals surface area (Å²) >= 11 is 6.18. The highest BCUT2D eigenvalue weighted by Crippen LogP contribution is 2.35. The molecule has 0 bridgehead atoms. The molecule has 0 fully saturated rings. The number of nitrogens with two attached hydrogens (primary N) is 1. The first-order valence-electron chi connectivity index (χ1n) is 3.73. The lowest BCUT2D eigenvalue weighted by molar-refractivity contribution is -0.274. The Kier molecular flexibility index (Phi) is 3.88. The molecule has 0 aliphatic rings. The summed E-state index contributed by atoms with van der Waals surface area (Å²) in [6.45, 7) is 0. The van der Waals surface area contributed by atoms with E-state index in [9.17, 15) is 13.2 Å². The third kappa shape index (κ3) is 3.57. The minimum Gasteiger partial charge on any atom is -0.405 e. The largest absolute Gasteiger partial charge is 0.573 e. The molecule has 0 atom stereocenters. The molecule has 0 aliphatic heterocycles. The number of anilines is 1. The smallest absolute Gasteiger partial charge is 0.405 e. The number of hydrogen-bond donors (Lipinski definition) is 1. The molecule has 1 rings (SSSR count). The van der Waals surface area contributed by atoms with Crippen LogP contribution in [0.1, 0.15) is 5.56 Å². The summed E-state index contributed by atoms with van der Waals surface area (Å²) in [7, 11) is 0. The van der Waals surface area contributed by atoms with Crippen LogP contribution in [0.3, 0.4) is 0 Å². The predicted molar refractivity (Wildman–Crippen MR) is 57.9 cm³/mol. The van der Waals surface area contributed by atoms with Gasteiger partial charge in [0.2, 0.25) is 0 Å². The molecule has 2 N–H and O–H groups in total. The lowest BCUT2D eigenvalue weighted by atomic mass is 10.2. The fourth-order valence-electron chi connectivity index (χ4n) is 0.977. The standard InChI is InChI=1S/C8H6Br2F3NO/c9-3-5-6(10)1-4(14)2-7(5)15-8(11,12)13/h1-2H,3,14H2. The van der Waals surface area contributed by atoms with Gasteiger partial charge in [0.15, 0.2) is 0 Å². The Bertz CT molecular complexity index is 368. The Morgan fingerprint density at radius 3 is 2.40 bits per heavy atom. The average Bonchev–Trinajstić information content (AvgIpc) is 1.99. The van der Waals surface area contributed by atoms with Crippen LogP contribution in [0.2, 0.25) is 0 Å². The van der Waals surface area contributed by atoms with E-state index in [1.165, 1.54) is 6.07 Å². The first-order valence-corrected chi connectivity index (χ1v) is 5.64. The predicted octanol–water partition coefficient (Wildman–Crippen LogP) is 3.82. The van der Waals surface area contributed by atoms with Crippen LogP contribution in [0.4, 0.5) is 18.9 Å². The van der Waals surface area contributed by atoms with Crippen molar-refractivity contribution >= 4 is 37.5 Å². The van der Waals surface area contributed by atoms with Gasteiger partial charge in [-0.25, -0.2) is 0 Å². The van der Waals surface area contributed by atoms with Gasteiger partial charge >= 0.3 is 6.36 Å². The van der Waals surface area contributed by atoms with Gasteiger partial charge in [-0.05, 0) is 6.07 Å². The summed E-state index contributed by atoms with van der Waals surface area (Å²) in [4.78, 5) is 0. The van der Waals surface area contributed by atoms with Crippen molar-refractivity contribution in [3.05, 3.63) is 22.2 Å². The van der Waals surface area contributed by atoms with Crippen molar-refractivity contribution in [3.8, 4) is 5.75 Å². The van der Waals surface area contributed by atoms with Gasteiger partial charge in [-0.3, -0.25) is 0 Å². The SMILES string of the molecule is Nc1cc(Br)c(CBr)c(OC(F)(F)F)c1. The van der Waals surface area contributed by atoms with Crippen molar-refractivity contribution in [2.45, 2.75) is 11.7 Å². The Balaban J connectivity index is 3.15. The first-order chi connectivity index (χ1) is 6.83. The highest BCUT2D eigenvalue weighted by atomic mass is 79.9. The van der Waals surface area contributed by atoms with E-state index in [2.05, 4.69) is 36.6 Å². The molecule has 0 saturated heterocycles. The van der Waals surface area contributed by atoms with E-state index >= 15 is 0 Å². The van der Waals surface area contributed by atoms with Crippen LogP contribution in [0, 0.1) is 0 Å². The van der Waals surface area contributed by atoms with E-state index in [4.69, 9.17) is 5.73 Å². The summed E-state index contributed by atoms with van der Waals surface area (Å²) < 4.78 is 40.4. The summed E-state index contributed by atoms with van der Waals surface area (Å²) in [6, 6.07) is 2.65. The maximum atomic E-state index is 12.0. The second-order valence-corrected chi connectivity index (χ2v) is 4.08. The zero-order valence-electron chi connectivity index (χ0n) is 7.24. The second-order valence-electron chi connectivity index (χ2n) is 2.66. The van der Waals surface area contributed by atoms with Gasteiger partial charge in [0.25, 0.3) is 0 Å². The Labute approximate surface area is 101 Å². The maximum Gasteiger partial charge on any atom is 0.573 e. The fourth-order valence-corrected chi connectivity index (χ4v) is 2.53. The van der Waals surface area contributed by atoms with E-state index in [1.807, 2.05) is 0 Å². The van der Waals surface area contributed by atoms with Gasteiger partial charge in [-0.15, -0.1) is 13.2 Å². The molecule has 84 valence electrons. The highest BCUT2D eigenvalue weighted by Gasteiger charge is 2.32. The zero-order valence-corrected chi connectivity index (χ0v) is 10.4. The molecule has 2 nitrogen and oxygen atoms in total. The van der Waals surface area contributed by atoms with E-state index in [0.29, 0.717) is 10.0 Å². The minimum absolute atomic E-state index is 0.200. The van der Waals surface area contributed by atoms with Crippen molar-refractivity contribution in [3.63, 3.8) is 0 Å². The molecule has 0 radical (unpaired) electrons. The van der Waals surface area contributed by atoms with E-state index < -0.39 is 6.36 Å². The lowest BCUT2D eigenvalue weighted by Crippen LogP contribution is -2.18. The molecule has 0 amide bonds. The molecule has 0 aromatic heterocycles. The Morgan fingerprint density at radius 1 is 1.33 bits per heavy atom. The Hall–Kier alpha value is -0.430. The molecule has 7 heteroatoms. The summed E-state index contributed by atoms with van der Waals surface area (Å²) in [5, 5.41) is 0.235. The van der Waals surface area contributed by atoms with E-state index in [1.54, 1.807) is 0 Å². The van der Waals surface area contributed by atoms with Crippen LogP contribution >= 0.6 is 31.9 Å². The molecule has 0 spiro atoms. The van der Waals surface area contributed by atoms with Crippen molar-refractivity contribution in [1.29, 1.82) is 0 Å². The van der Waals surface area contributed by atoms with Crippen LogP contribution in [0.25, 0.3) is 0 Å². The van der Waals surface area contributed by atoms with Crippen LogP contribution in [-0.2, 0) is 5.33 Å². The average molecular weight is 349 g/mol. The van der Waals surface area contributed by atoms with Crippen LogP contribution < -0.4 is 10.5 Å². The number of alkyl halides is 4. The lowest BCUT2D eigenvalue weighted by Gasteiger charge is -2.14. The third-order valence-corrected chi connectivity index (χ3v) is 2.80. The molecule has 0 unspecified atom stereocenters. The van der Waals surface area contributed by atoms with Crippen LogP contribution in [0.15, 0.2) is 16.6 Å². The summed E-state index contributed by atoms with van der Waals surface area (Å²) in [5.74, 6) is -0.300. The second kappa shape index (κ2) is 4.61. The first kappa shape index (κ1) is 12.6. The van der Waals surface area contributed by atoms with Gasteiger partial charge in [-0.1, -0.05) is 31.9 Å². The van der Waals surface area contributed by atoms with Crippen molar-refractivity contribution in [2.24, 2.45) is 0 Å². The Morgan fingerprint density at radius 2 is 1.93 bits per heavy atom. The van der Waals surface area contributed by atoms with Gasteiger partial charge in [0.1, 0.15) is 5.75 Å². The van der Waals surface area contributed by atoms with E-state index in [-0.39, 0.29) is 16.8 Å². The van der Waals surface area contributed by atoms with Crippen LogP contribution in [-0.4, -0.2) is 6.36 Å². The van der Waals surface area contributed by atoms with Gasteiger partial charge in [-0.2, -0.15) is 0 Å². The molecule has 0 aliphatic carbocycles. The molecule has 15 heavy (non-hydrogen) atoms. The minimum atomic E-state index is -4.72. The van der Waals surface area contributed by atoms with Crippen LogP contribution in [0.5, 0.6) is 5.75 Å². The number of halogens is 5. The maximum absolute atomic E-state index is 12.0. The molecular weight excluding hydrogens is 343 g/mol. The van der Waals surface area contributed by atoms with Crippen molar-refractivity contribution in [2.75, 3.05) is 5.73 Å². The normalized spacial score (nSPS) is 11.5. The monoisotopic (exact) mass is 347 g/mol. The number of ether oxygens (including phenoxy) is 1.